The van der Waals surface area contributed by atoms with Gasteiger partial charge in [-0.1, -0.05) is 6.92 Å². The fraction of sp³-hybridized carbons (Fsp3) is 0.786. The number of nitrogens with zero attached hydrogens (tertiary/aromatic N) is 4. The highest BCUT2D eigenvalue weighted by atomic mass is 15.4. The van der Waals surface area contributed by atoms with E-state index in [1.165, 1.54) is 38.3 Å². The largest absolute Gasteiger partial charge is 0.309 e. The number of piperazine rings is 3. The Hall–Kier alpha value is -0.910. The van der Waals surface area contributed by atoms with Gasteiger partial charge in [0.15, 0.2) is 0 Å². The SMILES string of the molecule is CCNC(c1cnn(CC)c1)C1CN2CCN1CC2. The molecule has 2 unspecified atom stereocenters. The smallest absolute Gasteiger partial charge is 0.0538 e. The number of likely N-dealkylation sites (N-methyl/N-ethyl adjacent to an activating group) is 1. The van der Waals surface area contributed by atoms with Crippen LogP contribution in [0, 0.1) is 0 Å². The molecular weight excluding hydrogens is 238 g/mol. The molecule has 3 saturated heterocycles. The highest BCUT2D eigenvalue weighted by Gasteiger charge is 2.37. The van der Waals surface area contributed by atoms with Gasteiger partial charge in [0.05, 0.1) is 12.2 Å². The zero-order valence-corrected chi connectivity index (χ0v) is 12.0. The fourth-order valence-electron chi connectivity index (χ4n) is 3.38. The number of aryl methyl sites for hydroxylation is 1. The normalized spacial score (nSPS) is 31.6. The summed E-state index contributed by atoms with van der Waals surface area (Å²) in [6.07, 6.45) is 4.24. The maximum Gasteiger partial charge on any atom is 0.0538 e. The lowest BCUT2D eigenvalue weighted by molar-refractivity contribution is -0.00344. The van der Waals surface area contributed by atoms with E-state index in [9.17, 15) is 0 Å². The number of nitrogens with one attached hydrogen (secondary N) is 1. The lowest BCUT2D eigenvalue weighted by atomic mass is 9.96. The van der Waals surface area contributed by atoms with Crippen LogP contribution in [0.1, 0.15) is 25.5 Å². The molecule has 19 heavy (non-hydrogen) atoms. The van der Waals surface area contributed by atoms with Gasteiger partial charge < -0.3 is 5.32 Å². The van der Waals surface area contributed by atoms with Crippen molar-refractivity contribution >= 4 is 0 Å². The van der Waals surface area contributed by atoms with Crippen molar-refractivity contribution in [3.05, 3.63) is 18.0 Å². The van der Waals surface area contributed by atoms with E-state index in [4.69, 9.17) is 0 Å². The van der Waals surface area contributed by atoms with E-state index in [-0.39, 0.29) is 0 Å². The average molecular weight is 263 g/mol. The molecule has 1 aromatic rings. The molecule has 4 rings (SSSR count). The number of aromatic nitrogens is 2. The van der Waals surface area contributed by atoms with Crippen LogP contribution in [0.4, 0.5) is 0 Å². The zero-order valence-electron chi connectivity index (χ0n) is 12.0. The summed E-state index contributed by atoms with van der Waals surface area (Å²) < 4.78 is 2.02. The first kappa shape index (κ1) is 13.1. The predicted octanol–water partition coefficient (Wildman–Crippen LogP) is 0.553. The van der Waals surface area contributed by atoms with Crippen LogP contribution in [0.3, 0.4) is 0 Å². The molecule has 2 atom stereocenters. The van der Waals surface area contributed by atoms with Crippen LogP contribution in [-0.4, -0.2) is 64.9 Å². The molecule has 5 heteroatoms. The summed E-state index contributed by atoms with van der Waals surface area (Å²) >= 11 is 0. The first-order chi connectivity index (χ1) is 9.31. The quantitative estimate of drug-likeness (QED) is 0.842. The van der Waals surface area contributed by atoms with Crippen LogP contribution in [0.25, 0.3) is 0 Å². The number of fused-ring (bicyclic) bond motifs is 3. The second kappa shape index (κ2) is 5.61. The molecule has 3 fully saturated rings. The van der Waals surface area contributed by atoms with Crippen molar-refractivity contribution in [2.24, 2.45) is 0 Å². The topological polar surface area (TPSA) is 36.3 Å². The van der Waals surface area contributed by atoms with Crippen molar-refractivity contribution in [3.63, 3.8) is 0 Å². The van der Waals surface area contributed by atoms with Crippen LogP contribution < -0.4 is 5.32 Å². The Balaban J connectivity index is 1.80. The van der Waals surface area contributed by atoms with Crippen molar-refractivity contribution in [1.82, 2.24) is 24.9 Å². The summed E-state index contributed by atoms with van der Waals surface area (Å²) in [4.78, 5) is 5.25. The monoisotopic (exact) mass is 263 g/mol. The lowest BCUT2D eigenvalue weighted by Crippen LogP contribution is -2.63. The van der Waals surface area contributed by atoms with Crippen molar-refractivity contribution in [2.75, 3.05) is 39.3 Å². The summed E-state index contributed by atoms with van der Waals surface area (Å²) in [5.74, 6) is 0. The maximum atomic E-state index is 4.44. The Labute approximate surface area is 115 Å². The Morgan fingerprint density at radius 3 is 2.63 bits per heavy atom. The Morgan fingerprint density at radius 2 is 2.11 bits per heavy atom. The van der Waals surface area contributed by atoms with Crippen LogP contribution in [0.15, 0.2) is 12.4 Å². The van der Waals surface area contributed by atoms with Gasteiger partial charge in [-0.2, -0.15) is 5.10 Å². The van der Waals surface area contributed by atoms with Crippen LogP contribution >= 0.6 is 0 Å². The maximum absolute atomic E-state index is 4.44. The minimum absolute atomic E-state index is 0.411. The summed E-state index contributed by atoms with van der Waals surface area (Å²) in [6.45, 7) is 12.4. The van der Waals surface area contributed by atoms with Gasteiger partial charge in [0.2, 0.25) is 0 Å². The summed E-state index contributed by atoms with van der Waals surface area (Å²) in [7, 11) is 0. The Morgan fingerprint density at radius 1 is 1.32 bits per heavy atom. The molecule has 0 aromatic carbocycles. The standard InChI is InChI=1S/C14H25N5/c1-3-15-14(12-9-16-19(4-2)10-12)13-11-17-5-7-18(13)8-6-17/h9-10,13-15H,3-8,11H2,1-2H3. The van der Waals surface area contributed by atoms with Gasteiger partial charge in [0.25, 0.3) is 0 Å². The average Bonchev–Trinajstić information content (AvgIpc) is 2.94. The summed E-state index contributed by atoms with van der Waals surface area (Å²) in [6, 6.07) is 1.00. The van der Waals surface area contributed by atoms with Gasteiger partial charge in [0, 0.05) is 57.1 Å². The molecule has 0 aliphatic carbocycles. The van der Waals surface area contributed by atoms with E-state index in [1.54, 1.807) is 0 Å². The molecule has 4 heterocycles. The van der Waals surface area contributed by atoms with E-state index in [0.29, 0.717) is 12.1 Å². The van der Waals surface area contributed by atoms with Crippen molar-refractivity contribution in [1.29, 1.82) is 0 Å². The molecule has 0 saturated carbocycles. The summed E-state index contributed by atoms with van der Waals surface area (Å²) in [5, 5.41) is 8.11. The van der Waals surface area contributed by atoms with E-state index >= 15 is 0 Å². The van der Waals surface area contributed by atoms with Gasteiger partial charge in [0.1, 0.15) is 0 Å². The van der Waals surface area contributed by atoms with E-state index in [1.807, 2.05) is 10.9 Å². The zero-order chi connectivity index (χ0) is 13.2. The number of hydrogen-bond donors (Lipinski definition) is 1. The van der Waals surface area contributed by atoms with Gasteiger partial charge >= 0.3 is 0 Å². The lowest BCUT2D eigenvalue weighted by Gasteiger charge is -2.50. The second-order valence-electron chi connectivity index (χ2n) is 5.57. The van der Waals surface area contributed by atoms with Crippen molar-refractivity contribution < 1.29 is 0 Å². The number of hydrogen-bond acceptors (Lipinski definition) is 4. The minimum Gasteiger partial charge on any atom is -0.309 e. The van der Waals surface area contributed by atoms with E-state index in [0.717, 1.165) is 13.1 Å². The first-order valence-electron chi connectivity index (χ1n) is 7.54. The van der Waals surface area contributed by atoms with Gasteiger partial charge in [-0.15, -0.1) is 0 Å². The molecule has 3 aliphatic rings. The van der Waals surface area contributed by atoms with Crippen LogP contribution in [0.5, 0.6) is 0 Å². The third kappa shape index (κ3) is 2.55. The fourth-order valence-corrected chi connectivity index (χ4v) is 3.38. The minimum atomic E-state index is 0.411. The molecule has 0 spiro atoms. The third-order valence-corrected chi connectivity index (χ3v) is 4.47. The molecule has 1 aromatic heterocycles. The van der Waals surface area contributed by atoms with Gasteiger partial charge in [-0.05, 0) is 13.5 Å². The highest BCUT2D eigenvalue weighted by Crippen LogP contribution is 2.27. The summed E-state index contributed by atoms with van der Waals surface area (Å²) in [5.41, 5.74) is 1.34. The first-order valence-corrected chi connectivity index (χ1v) is 7.54. The third-order valence-electron chi connectivity index (χ3n) is 4.47. The van der Waals surface area contributed by atoms with Crippen molar-refractivity contribution in [2.45, 2.75) is 32.5 Å². The van der Waals surface area contributed by atoms with Crippen LogP contribution in [-0.2, 0) is 6.54 Å². The van der Waals surface area contributed by atoms with Gasteiger partial charge in [-0.3, -0.25) is 14.5 Å². The molecule has 0 radical (unpaired) electrons. The highest BCUT2D eigenvalue weighted by molar-refractivity contribution is 5.15. The molecule has 5 nitrogen and oxygen atoms in total. The van der Waals surface area contributed by atoms with Crippen LogP contribution in [0.2, 0.25) is 0 Å². The molecule has 3 aliphatic heterocycles. The predicted molar refractivity (Wildman–Crippen MR) is 76.1 cm³/mol. The Bertz CT molecular complexity index is 408. The van der Waals surface area contributed by atoms with E-state index in [2.05, 4.69) is 40.3 Å². The Kier molecular flexibility index (Phi) is 3.86. The molecule has 1 N–H and O–H groups in total. The molecule has 2 bridgehead atoms. The number of rotatable bonds is 5. The van der Waals surface area contributed by atoms with Gasteiger partial charge in [-0.25, -0.2) is 0 Å². The second-order valence-corrected chi connectivity index (χ2v) is 5.57. The van der Waals surface area contributed by atoms with Crippen molar-refractivity contribution in [3.8, 4) is 0 Å². The molecular formula is C14H25N5. The molecule has 106 valence electrons. The molecule has 0 amide bonds. The van der Waals surface area contributed by atoms with E-state index < -0.39 is 0 Å².